The van der Waals surface area contributed by atoms with E-state index in [1.165, 1.54) is 11.0 Å². The molecule has 26 heavy (non-hydrogen) atoms. The quantitative estimate of drug-likeness (QED) is 0.596. The number of carbonyl (C=O) groups is 1. The molecular weight excluding hydrogens is 354 g/mol. The predicted molar refractivity (Wildman–Crippen MR) is 96.0 cm³/mol. The summed E-state index contributed by atoms with van der Waals surface area (Å²) >= 11 is 6.06. The van der Waals surface area contributed by atoms with Crippen molar-refractivity contribution in [2.75, 3.05) is 0 Å². The number of fused-ring (bicyclic) bond motifs is 1. The Balaban J connectivity index is 1.60. The standard InChI is InChI=1S/C17H14ClN7O/c1-24-15-5-3-2-4-13(15)21-16(24)9-19-17(26)12-8-11(18)6-7-14(12)25-10-20-22-23-25/h2-8,10H,9H2,1H3,(H,19,26). The fraction of sp³-hybridized carbons (Fsp3) is 0.118. The second-order valence-electron chi connectivity index (χ2n) is 5.67. The molecule has 0 radical (unpaired) electrons. The molecule has 4 rings (SSSR count). The van der Waals surface area contributed by atoms with Gasteiger partial charge in [0, 0.05) is 12.1 Å². The van der Waals surface area contributed by atoms with Gasteiger partial charge in [-0.15, -0.1) is 5.10 Å². The van der Waals surface area contributed by atoms with E-state index in [0.717, 1.165) is 16.9 Å². The molecule has 4 aromatic rings. The molecule has 0 fully saturated rings. The Hall–Kier alpha value is -3.26. The van der Waals surface area contributed by atoms with Crippen molar-refractivity contribution >= 4 is 28.5 Å². The van der Waals surface area contributed by atoms with Gasteiger partial charge in [-0.25, -0.2) is 4.98 Å². The number of aryl methyl sites for hydroxylation is 1. The molecule has 0 aliphatic rings. The third-order valence-corrected chi connectivity index (χ3v) is 4.32. The van der Waals surface area contributed by atoms with Crippen LogP contribution in [0.3, 0.4) is 0 Å². The normalized spacial score (nSPS) is 11.0. The minimum Gasteiger partial charge on any atom is -0.345 e. The lowest BCUT2D eigenvalue weighted by molar-refractivity contribution is 0.0949. The number of tetrazole rings is 1. The van der Waals surface area contributed by atoms with Crippen LogP contribution < -0.4 is 5.32 Å². The van der Waals surface area contributed by atoms with Crippen LogP contribution in [-0.4, -0.2) is 35.7 Å². The number of hydrogen-bond donors (Lipinski definition) is 1. The van der Waals surface area contributed by atoms with E-state index in [-0.39, 0.29) is 12.5 Å². The number of para-hydroxylation sites is 2. The molecule has 8 nitrogen and oxygen atoms in total. The summed E-state index contributed by atoms with van der Waals surface area (Å²) in [6.07, 6.45) is 1.42. The Labute approximate surface area is 153 Å². The Morgan fingerprint density at radius 1 is 1.23 bits per heavy atom. The summed E-state index contributed by atoms with van der Waals surface area (Å²) in [7, 11) is 1.92. The van der Waals surface area contributed by atoms with E-state index in [9.17, 15) is 4.79 Å². The van der Waals surface area contributed by atoms with Crippen molar-refractivity contribution < 1.29 is 4.79 Å². The summed E-state index contributed by atoms with van der Waals surface area (Å²) in [6.45, 7) is 0.283. The highest BCUT2D eigenvalue weighted by Gasteiger charge is 2.16. The van der Waals surface area contributed by atoms with E-state index in [0.29, 0.717) is 16.3 Å². The van der Waals surface area contributed by atoms with Crippen LogP contribution in [0.15, 0.2) is 48.8 Å². The number of halogens is 1. The number of imidazole rings is 1. The lowest BCUT2D eigenvalue weighted by Gasteiger charge is -2.10. The van der Waals surface area contributed by atoms with Crippen LogP contribution in [-0.2, 0) is 13.6 Å². The maximum atomic E-state index is 12.7. The number of carbonyl (C=O) groups excluding carboxylic acids is 1. The topological polar surface area (TPSA) is 90.5 Å². The van der Waals surface area contributed by atoms with Gasteiger partial charge in [0.2, 0.25) is 0 Å². The van der Waals surface area contributed by atoms with Gasteiger partial charge in [0.1, 0.15) is 12.2 Å². The average Bonchev–Trinajstić information content (AvgIpc) is 3.28. The summed E-state index contributed by atoms with van der Waals surface area (Å²) in [5, 5.41) is 14.4. The van der Waals surface area contributed by atoms with Crippen LogP contribution in [0.4, 0.5) is 0 Å². The Morgan fingerprint density at radius 2 is 2.08 bits per heavy atom. The SMILES string of the molecule is Cn1c(CNC(=O)c2cc(Cl)ccc2-n2cnnn2)nc2ccccc21. The van der Waals surface area contributed by atoms with Crippen molar-refractivity contribution in [2.24, 2.45) is 7.05 Å². The molecule has 2 aromatic carbocycles. The first kappa shape index (κ1) is 16.2. The van der Waals surface area contributed by atoms with Gasteiger partial charge in [-0.05, 0) is 40.8 Å². The molecule has 9 heteroatoms. The first-order valence-electron chi connectivity index (χ1n) is 7.85. The number of nitrogens with zero attached hydrogens (tertiary/aromatic N) is 6. The van der Waals surface area contributed by atoms with Crippen molar-refractivity contribution in [3.8, 4) is 5.69 Å². The molecule has 0 unspecified atom stereocenters. The molecule has 0 saturated carbocycles. The maximum Gasteiger partial charge on any atom is 0.253 e. The highest BCUT2D eigenvalue weighted by molar-refractivity contribution is 6.31. The van der Waals surface area contributed by atoms with Gasteiger partial charge in [-0.3, -0.25) is 4.79 Å². The number of aromatic nitrogens is 6. The molecule has 0 spiro atoms. The fourth-order valence-electron chi connectivity index (χ4n) is 2.77. The summed E-state index contributed by atoms with van der Waals surface area (Å²) in [5.74, 6) is 0.468. The van der Waals surface area contributed by atoms with Gasteiger partial charge < -0.3 is 9.88 Å². The highest BCUT2D eigenvalue weighted by atomic mass is 35.5. The molecule has 0 atom stereocenters. The molecule has 0 bridgehead atoms. The molecule has 1 N–H and O–H groups in total. The number of benzene rings is 2. The average molecular weight is 368 g/mol. The first-order valence-corrected chi connectivity index (χ1v) is 8.23. The highest BCUT2D eigenvalue weighted by Crippen LogP contribution is 2.19. The minimum absolute atomic E-state index is 0.283. The molecule has 0 aliphatic carbocycles. The second kappa shape index (κ2) is 6.57. The van der Waals surface area contributed by atoms with Crippen molar-refractivity contribution in [1.82, 2.24) is 35.1 Å². The minimum atomic E-state index is -0.287. The van der Waals surface area contributed by atoms with E-state index >= 15 is 0 Å². The third-order valence-electron chi connectivity index (χ3n) is 4.09. The Kier molecular flexibility index (Phi) is 4.10. The molecule has 1 amide bonds. The van der Waals surface area contributed by atoms with E-state index < -0.39 is 0 Å². The zero-order valence-electron chi connectivity index (χ0n) is 13.8. The molecule has 2 heterocycles. The van der Waals surface area contributed by atoms with Gasteiger partial charge in [-0.2, -0.15) is 4.68 Å². The van der Waals surface area contributed by atoms with Crippen molar-refractivity contribution in [3.05, 3.63) is 65.2 Å². The Bertz CT molecular complexity index is 1090. The van der Waals surface area contributed by atoms with E-state index in [1.54, 1.807) is 18.2 Å². The molecule has 0 aliphatic heterocycles. The Morgan fingerprint density at radius 3 is 2.85 bits per heavy atom. The smallest absolute Gasteiger partial charge is 0.253 e. The number of nitrogens with one attached hydrogen (secondary N) is 1. The van der Waals surface area contributed by atoms with Crippen LogP contribution in [0, 0.1) is 0 Å². The summed E-state index contributed by atoms with van der Waals surface area (Å²) in [6, 6.07) is 12.8. The van der Waals surface area contributed by atoms with E-state index in [1.807, 2.05) is 35.9 Å². The van der Waals surface area contributed by atoms with Gasteiger partial charge in [0.15, 0.2) is 0 Å². The summed E-state index contributed by atoms with van der Waals surface area (Å²) in [4.78, 5) is 17.3. The molecule has 2 aromatic heterocycles. The van der Waals surface area contributed by atoms with Gasteiger partial charge in [0.25, 0.3) is 5.91 Å². The first-order chi connectivity index (χ1) is 12.6. The lowest BCUT2D eigenvalue weighted by Crippen LogP contribution is -2.25. The van der Waals surface area contributed by atoms with Gasteiger partial charge in [-0.1, -0.05) is 23.7 Å². The molecular formula is C17H14ClN7O. The molecule has 0 saturated heterocycles. The number of amides is 1. The predicted octanol–water partition coefficient (Wildman–Crippen LogP) is 2.13. The van der Waals surface area contributed by atoms with Crippen molar-refractivity contribution in [1.29, 1.82) is 0 Å². The summed E-state index contributed by atoms with van der Waals surface area (Å²) < 4.78 is 3.37. The van der Waals surface area contributed by atoms with E-state index in [4.69, 9.17) is 11.6 Å². The van der Waals surface area contributed by atoms with Crippen LogP contribution >= 0.6 is 11.6 Å². The van der Waals surface area contributed by atoms with E-state index in [2.05, 4.69) is 25.8 Å². The zero-order chi connectivity index (χ0) is 18.1. The fourth-order valence-corrected chi connectivity index (χ4v) is 2.94. The monoisotopic (exact) mass is 367 g/mol. The van der Waals surface area contributed by atoms with Crippen molar-refractivity contribution in [3.63, 3.8) is 0 Å². The van der Waals surface area contributed by atoms with Crippen molar-refractivity contribution in [2.45, 2.75) is 6.54 Å². The maximum absolute atomic E-state index is 12.7. The van der Waals surface area contributed by atoms with Crippen LogP contribution in [0.5, 0.6) is 0 Å². The van der Waals surface area contributed by atoms with Crippen LogP contribution in [0.25, 0.3) is 16.7 Å². The second-order valence-corrected chi connectivity index (χ2v) is 6.11. The lowest BCUT2D eigenvalue weighted by atomic mass is 10.1. The third kappa shape index (κ3) is 2.91. The van der Waals surface area contributed by atoms with Crippen LogP contribution in [0.2, 0.25) is 5.02 Å². The molecule has 130 valence electrons. The zero-order valence-corrected chi connectivity index (χ0v) is 14.6. The van der Waals surface area contributed by atoms with Crippen LogP contribution in [0.1, 0.15) is 16.2 Å². The summed E-state index contributed by atoms with van der Waals surface area (Å²) in [5.41, 5.74) is 2.82. The largest absolute Gasteiger partial charge is 0.345 e. The van der Waals surface area contributed by atoms with Gasteiger partial charge in [0.05, 0.1) is 28.8 Å². The van der Waals surface area contributed by atoms with Gasteiger partial charge >= 0.3 is 0 Å². The number of hydrogen-bond acceptors (Lipinski definition) is 5. The number of rotatable bonds is 4.